The van der Waals surface area contributed by atoms with Crippen LogP contribution in [0.25, 0.3) is 0 Å². The SMILES string of the molecule is CC(OC(=O)c1ccccc1SCC(N)=O)C(=O)Nc1ccc2c(c1)OCO2. The number of esters is 1. The summed E-state index contributed by atoms with van der Waals surface area (Å²) in [6.07, 6.45) is -1.04. The predicted molar refractivity (Wildman–Crippen MR) is 102 cm³/mol. The molecule has 146 valence electrons. The molecule has 28 heavy (non-hydrogen) atoms. The molecular formula is C19H18N2O6S. The zero-order valence-corrected chi connectivity index (χ0v) is 15.8. The lowest BCUT2D eigenvalue weighted by Gasteiger charge is -2.15. The first-order valence-corrected chi connectivity index (χ1v) is 9.34. The molecule has 1 unspecified atom stereocenters. The first-order chi connectivity index (χ1) is 13.4. The predicted octanol–water partition coefficient (Wildman–Crippen LogP) is 2.18. The van der Waals surface area contributed by atoms with Crippen molar-refractivity contribution in [2.75, 3.05) is 17.9 Å². The van der Waals surface area contributed by atoms with Crippen molar-refractivity contribution < 1.29 is 28.6 Å². The molecule has 0 saturated heterocycles. The summed E-state index contributed by atoms with van der Waals surface area (Å²) in [4.78, 5) is 36.3. The molecule has 0 aromatic heterocycles. The summed E-state index contributed by atoms with van der Waals surface area (Å²) in [5.41, 5.74) is 5.90. The van der Waals surface area contributed by atoms with Crippen molar-refractivity contribution in [1.82, 2.24) is 0 Å². The van der Waals surface area contributed by atoms with Gasteiger partial charge in [-0.15, -0.1) is 11.8 Å². The van der Waals surface area contributed by atoms with Crippen LogP contribution in [-0.4, -0.2) is 36.4 Å². The summed E-state index contributed by atoms with van der Waals surface area (Å²) in [6.45, 7) is 1.60. The topological polar surface area (TPSA) is 117 Å². The molecule has 2 aromatic rings. The Balaban J connectivity index is 1.62. The molecule has 1 aliphatic rings. The van der Waals surface area contributed by atoms with Crippen molar-refractivity contribution in [3.05, 3.63) is 48.0 Å². The molecule has 0 aliphatic carbocycles. The number of carbonyl (C=O) groups is 3. The number of hydrogen-bond acceptors (Lipinski definition) is 7. The maximum atomic E-state index is 12.5. The largest absolute Gasteiger partial charge is 0.454 e. The average Bonchev–Trinajstić information content (AvgIpc) is 3.14. The highest BCUT2D eigenvalue weighted by atomic mass is 32.2. The number of thioether (sulfide) groups is 1. The maximum Gasteiger partial charge on any atom is 0.340 e. The molecule has 0 fully saturated rings. The van der Waals surface area contributed by atoms with Crippen molar-refractivity contribution in [2.45, 2.75) is 17.9 Å². The number of benzene rings is 2. The van der Waals surface area contributed by atoms with Crippen molar-refractivity contribution in [3.8, 4) is 11.5 Å². The fourth-order valence-electron chi connectivity index (χ4n) is 2.41. The minimum Gasteiger partial charge on any atom is -0.454 e. The number of ether oxygens (including phenoxy) is 3. The van der Waals surface area contributed by atoms with Crippen molar-refractivity contribution in [3.63, 3.8) is 0 Å². The Hall–Kier alpha value is -3.20. The molecular weight excluding hydrogens is 384 g/mol. The Morgan fingerprint density at radius 3 is 2.71 bits per heavy atom. The molecule has 0 bridgehead atoms. The summed E-state index contributed by atoms with van der Waals surface area (Å²) in [7, 11) is 0. The van der Waals surface area contributed by atoms with Crippen LogP contribution in [0.4, 0.5) is 5.69 Å². The molecule has 0 saturated carbocycles. The Labute approximate surface area is 165 Å². The molecule has 1 aliphatic heterocycles. The van der Waals surface area contributed by atoms with Crippen LogP contribution >= 0.6 is 11.8 Å². The van der Waals surface area contributed by atoms with Gasteiger partial charge >= 0.3 is 5.97 Å². The molecule has 1 heterocycles. The fourth-order valence-corrected chi connectivity index (χ4v) is 3.19. The molecule has 1 atom stereocenters. The number of anilines is 1. The number of primary amides is 1. The third-order valence-corrected chi connectivity index (χ3v) is 4.87. The Morgan fingerprint density at radius 2 is 1.93 bits per heavy atom. The summed E-state index contributed by atoms with van der Waals surface area (Å²) < 4.78 is 15.8. The number of nitrogens with two attached hydrogens (primary N) is 1. The van der Waals surface area contributed by atoms with Crippen LogP contribution in [0.3, 0.4) is 0 Å². The van der Waals surface area contributed by atoms with Crippen LogP contribution in [-0.2, 0) is 14.3 Å². The second kappa shape index (κ2) is 8.66. The molecule has 2 aromatic carbocycles. The Bertz CT molecular complexity index is 917. The van der Waals surface area contributed by atoms with Crippen molar-refractivity contribution in [2.24, 2.45) is 5.73 Å². The van der Waals surface area contributed by atoms with E-state index in [1.807, 2.05) is 0 Å². The summed E-state index contributed by atoms with van der Waals surface area (Å²) >= 11 is 1.13. The van der Waals surface area contributed by atoms with Gasteiger partial charge in [0.2, 0.25) is 12.7 Å². The van der Waals surface area contributed by atoms with Gasteiger partial charge in [0.15, 0.2) is 17.6 Å². The van der Waals surface area contributed by atoms with Crippen LogP contribution in [0.2, 0.25) is 0 Å². The number of amides is 2. The van der Waals surface area contributed by atoms with E-state index >= 15 is 0 Å². The van der Waals surface area contributed by atoms with Crippen molar-refractivity contribution >= 4 is 35.2 Å². The van der Waals surface area contributed by atoms with Gasteiger partial charge < -0.3 is 25.3 Å². The molecule has 2 amide bonds. The lowest BCUT2D eigenvalue weighted by molar-refractivity contribution is -0.123. The van der Waals surface area contributed by atoms with E-state index < -0.39 is 23.9 Å². The van der Waals surface area contributed by atoms with Crippen molar-refractivity contribution in [1.29, 1.82) is 0 Å². The summed E-state index contributed by atoms with van der Waals surface area (Å²) in [6, 6.07) is 11.6. The lowest BCUT2D eigenvalue weighted by atomic mass is 10.2. The van der Waals surface area contributed by atoms with Crippen LogP contribution in [0.1, 0.15) is 17.3 Å². The smallest absolute Gasteiger partial charge is 0.340 e. The first-order valence-electron chi connectivity index (χ1n) is 8.35. The monoisotopic (exact) mass is 402 g/mol. The molecule has 3 rings (SSSR count). The third kappa shape index (κ3) is 4.74. The minimum absolute atomic E-state index is 0.0322. The average molecular weight is 402 g/mol. The second-order valence-corrected chi connectivity index (χ2v) is 6.87. The van der Waals surface area contributed by atoms with E-state index in [9.17, 15) is 14.4 Å². The number of carbonyl (C=O) groups excluding carboxylic acids is 3. The summed E-state index contributed by atoms with van der Waals surface area (Å²) in [5, 5.41) is 2.66. The van der Waals surface area contributed by atoms with Gasteiger partial charge in [-0.2, -0.15) is 0 Å². The van der Waals surface area contributed by atoms with E-state index in [0.29, 0.717) is 22.1 Å². The van der Waals surface area contributed by atoms with E-state index in [1.165, 1.54) is 6.92 Å². The normalized spacial score (nSPS) is 12.9. The molecule has 8 nitrogen and oxygen atoms in total. The number of nitrogens with one attached hydrogen (secondary N) is 1. The van der Waals surface area contributed by atoms with Gasteiger partial charge in [0.1, 0.15) is 0 Å². The molecule has 0 spiro atoms. The standard InChI is InChI=1S/C19H18N2O6S/c1-11(18(23)21-12-6-7-14-15(8-12)26-10-25-14)27-19(24)13-4-2-3-5-16(13)28-9-17(20)22/h2-8,11H,9-10H2,1H3,(H2,20,22)(H,21,23). The Kier molecular flexibility index (Phi) is 6.05. The maximum absolute atomic E-state index is 12.5. The van der Waals surface area contributed by atoms with E-state index in [4.69, 9.17) is 19.9 Å². The van der Waals surface area contributed by atoms with Gasteiger partial charge in [0, 0.05) is 16.6 Å². The highest BCUT2D eigenvalue weighted by Crippen LogP contribution is 2.34. The van der Waals surface area contributed by atoms with Crippen LogP contribution in [0.5, 0.6) is 11.5 Å². The van der Waals surface area contributed by atoms with Crippen LogP contribution < -0.4 is 20.5 Å². The minimum atomic E-state index is -1.04. The molecule has 0 radical (unpaired) electrons. The number of rotatable bonds is 7. The number of hydrogen-bond donors (Lipinski definition) is 2. The van der Waals surface area contributed by atoms with Crippen LogP contribution in [0.15, 0.2) is 47.4 Å². The lowest BCUT2D eigenvalue weighted by Crippen LogP contribution is -2.30. The van der Waals surface area contributed by atoms with E-state index in [1.54, 1.807) is 42.5 Å². The number of fused-ring (bicyclic) bond motifs is 1. The highest BCUT2D eigenvalue weighted by Gasteiger charge is 2.22. The molecule has 9 heteroatoms. The van der Waals surface area contributed by atoms with E-state index in [0.717, 1.165) is 11.8 Å². The van der Waals surface area contributed by atoms with Gasteiger partial charge in [-0.05, 0) is 31.2 Å². The first kappa shape index (κ1) is 19.6. The van der Waals surface area contributed by atoms with Gasteiger partial charge in [0.05, 0.1) is 11.3 Å². The zero-order valence-electron chi connectivity index (χ0n) is 15.0. The zero-order chi connectivity index (χ0) is 20.1. The quantitative estimate of drug-likeness (QED) is 0.538. The van der Waals surface area contributed by atoms with Gasteiger partial charge in [-0.25, -0.2) is 4.79 Å². The van der Waals surface area contributed by atoms with Gasteiger partial charge in [-0.1, -0.05) is 12.1 Å². The molecule has 3 N–H and O–H groups in total. The van der Waals surface area contributed by atoms with E-state index in [-0.39, 0.29) is 18.1 Å². The Morgan fingerprint density at radius 1 is 1.18 bits per heavy atom. The second-order valence-electron chi connectivity index (χ2n) is 5.86. The van der Waals surface area contributed by atoms with Gasteiger partial charge in [0.25, 0.3) is 5.91 Å². The summed E-state index contributed by atoms with van der Waals surface area (Å²) in [5.74, 6) is -0.491. The van der Waals surface area contributed by atoms with Gasteiger partial charge in [-0.3, -0.25) is 9.59 Å². The fraction of sp³-hybridized carbons (Fsp3) is 0.211. The van der Waals surface area contributed by atoms with E-state index in [2.05, 4.69) is 5.32 Å². The van der Waals surface area contributed by atoms with Crippen LogP contribution in [0, 0.1) is 0 Å². The third-order valence-electron chi connectivity index (χ3n) is 3.77. The highest BCUT2D eigenvalue weighted by molar-refractivity contribution is 8.00.